The molecule has 0 bridgehead atoms. The lowest BCUT2D eigenvalue weighted by atomic mass is 10.0. The summed E-state index contributed by atoms with van der Waals surface area (Å²) < 4.78 is 12.2. The predicted molar refractivity (Wildman–Crippen MR) is 109 cm³/mol. The number of ether oxygens (including phenoxy) is 2. The Bertz CT molecular complexity index is 1050. The van der Waals surface area contributed by atoms with Crippen molar-refractivity contribution in [1.29, 1.82) is 0 Å². The smallest absolute Gasteiger partial charge is 0.211 e. The number of fused-ring (bicyclic) bond motifs is 2. The van der Waals surface area contributed by atoms with Gasteiger partial charge >= 0.3 is 0 Å². The second-order valence-electron chi connectivity index (χ2n) is 6.78. The molecule has 0 aromatic heterocycles. The number of hydrogen-bond acceptors (Lipinski definition) is 3. The topological polar surface area (TPSA) is 21.7 Å². The molecule has 0 fully saturated rings. The summed E-state index contributed by atoms with van der Waals surface area (Å²) in [6.45, 7) is 0. The molecule has 3 aromatic carbocycles. The first-order valence-corrected chi connectivity index (χ1v) is 9.27. The van der Waals surface area contributed by atoms with Gasteiger partial charge in [0.25, 0.3) is 0 Å². The third kappa shape index (κ3) is 2.50. The summed E-state index contributed by atoms with van der Waals surface area (Å²) >= 11 is 6.23. The molecule has 5 rings (SSSR count). The van der Waals surface area contributed by atoms with E-state index in [-0.39, 0.29) is 0 Å². The zero-order chi connectivity index (χ0) is 18.4. The molecule has 0 amide bonds. The van der Waals surface area contributed by atoms with Gasteiger partial charge in [-0.2, -0.15) is 0 Å². The van der Waals surface area contributed by atoms with E-state index in [1.165, 1.54) is 5.56 Å². The Morgan fingerprint density at radius 3 is 2.63 bits per heavy atom. The summed E-state index contributed by atoms with van der Waals surface area (Å²) in [4.78, 5) is 2.26. The SMILES string of the molecule is COc1cc(Cl)cc2c1OC1(C=C2)Cc2ccccc2N1c1ccccc1. The molecule has 1 unspecified atom stereocenters. The van der Waals surface area contributed by atoms with E-state index in [2.05, 4.69) is 53.5 Å². The first-order valence-electron chi connectivity index (χ1n) is 8.89. The van der Waals surface area contributed by atoms with E-state index in [1.807, 2.05) is 24.3 Å². The molecule has 134 valence electrons. The van der Waals surface area contributed by atoms with Crippen LogP contribution in [0.15, 0.2) is 72.8 Å². The third-order valence-corrected chi connectivity index (χ3v) is 5.36. The minimum absolute atomic E-state index is 0.629. The van der Waals surface area contributed by atoms with Gasteiger partial charge in [0, 0.05) is 34.4 Å². The van der Waals surface area contributed by atoms with E-state index in [0.717, 1.165) is 29.1 Å². The van der Waals surface area contributed by atoms with Gasteiger partial charge in [0.1, 0.15) is 0 Å². The van der Waals surface area contributed by atoms with Gasteiger partial charge in [-0.25, -0.2) is 0 Å². The Morgan fingerprint density at radius 1 is 1.04 bits per heavy atom. The summed E-state index contributed by atoms with van der Waals surface area (Å²) in [6, 6.07) is 22.5. The highest BCUT2D eigenvalue weighted by Crippen LogP contribution is 2.50. The number of halogens is 1. The van der Waals surface area contributed by atoms with Crippen LogP contribution in [0.4, 0.5) is 11.4 Å². The van der Waals surface area contributed by atoms with Crippen LogP contribution in [0.5, 0.6) is 11.5 Å². The third-order valence-electron chi connectivity index (χ3n) is 5.14. The van der Waals surface area contributed by atoms with Crippen molar-refractivity contribution in [3.05, 3.63) is 89.0 Å². The summed E-state index contributed by atoms with van der Waals surface area (Å²) in [5.74, 6) is 1.36. The highest BCUT2D eigenvalue weighted by Gasteiger charge is 2.47. The van der Waals surface area contributed by atoms with Crippen LogP contribution in [0.25, 0.3) is 6.08 Å². The molecule has 0 saturated heterocycles. The summed E-state index contributed by atoms with van der Waals surface area (Å²) in [5, 5.41) is 0.629. The number of rotatable bonds is 2. The molecule has 2 heterocycles. The van der Waals surface area contributed by atoms with Crippen molar-refractivity contribution in [2.75, 3.05) is 12.0 Å². The number of anilines is 2. The monoisotopic (exact) mass is 375 g/mol. The van der Waals surface area contributed by atoms with Crippen LogP contribution in [0.1, 0.15) is 11.1 Å². The van der Waals surface area contributed by atoms with E-state index >= 15 is 0 Å². The average Bonchev–Trinajstić information content (AvgIpc) is 3.01. The largest absolute Gasteiger partial charge is 0.493 e. The van der Waals surface area contributed by atoms with Crippen LogP contribution in [0.2, 0.25) is 5.02 Å². The Balaban J connectivity index is 1.69. The summed E-state index contributed by atoms with van der Waals surface area (Å²) in [5.41, 5.74) is 3.78. The molecule has 1 spiro atoms. The van der Waals surface area contributed by atoms with Gasteiger partial charge in [-0.1, -0.05) is 48.0 Å². The van der Waals surface area contributed by atoms with Crippen molar-refractivity contribution in [2.45, 2.75) is 12.1 Å². The molecule has 3 nitrogen and oxygen atoms in total. The Kier molecular flexibility index (Phi) is 3.66. The van der Waals surface area contributed by atoms with Gasteiger partial charge in [0.2, 0.25) is 5.72 Å². The van der Waals surface area contributed by atoms with Crippen molar-refractivity contribution < 1.29 is 9.47 Å². The van der Waals surface area contributed by atoms with E-state index in [0.29, 0.717) is 10.8 Å². The maximum absolute atomic E-state index is 6.66. The van der Waals surface area contributed by atoms with Gasteiger partial charge in [0.05, 0.1) is 7.11 Å². The maximum Gasteiger partial charge on any atom is 0.211 e. The maximum atomic E-state index is 6.66. The predicted octanol–water partition coefficient (Wildman–Crippen LogP) is 5.84. The van der Waals surface area contributed by atoms with E-state index in [1.54, 1.807) is 13.2 Å². The fourth-order valence-corrected chi connectivity index (χ4v) is 4.21. The molecule has 3 aromatic rings. The number of hydrogen-bond donors (Lipinski definition) is 0. The molecule has 4 heteroatoms. The first-order chi connectivity index (χ1) is 13.2. The Hall–Kier alpha value is -2.91. The molecule has 1 atom stereocenters. The van der Waals surface area contributed by atoms with Crippen LogP contribution in [0, 0.1) is 0 Å². The normalized spacial score (nSPS) is 19.6. The molecule has 27 heavy (non-hydrogen) atoms. The molecule has 2 aliphatic rings. The number of nitrogens with zero attached hydrogens (tertiary/aromatic N) is 1. The highest BCUT2D eigenvalue weighted by molar-refractivity contribution is 6.31. The average molecular weight is 376 g/mol. The van der Waals surface area contributed by atoms with Crippen LogP contribution in [-0.4, -0.2) is 12.8 Å². The van der Waals surface area contributed by atoms with Gasteiger partial charge in [-0.15, -0.1) is 0 Å². The fraction of sp³-hybridized carbons (Fsp3) is 0.130. The molecule has 0 N–H and O–H groups in total. The van der Waals surface area contributed by atoms with Gasteiger partial charge in [-0.05, 0) is 42.0 Å². The minimum Gasteiger partial charge on any atom is -0.493 e. The van der Waals surface area contributed by atoms with E-state index < -0.39 is 5.72 Å². The van der Waals surface area contributed by atoms with Crippen molar-refractivity contribution in [2.24, 2.45) is 0 Å². The van der Waals surface area contributed by atoms with Crippen molar-refractivity contribution in [1.82, 2.24) is 0 Å². The van der Waals surface area contributed by atoms with E-state index in [9.17, 15) is 0 Å². The molecule has 0 radical (unpaired) electrons. The van der Waals surface area contributed by atoms with Gasteiger partial charge < -0.3 is 9.47 Å². The van der Waals surface area contributed by atoms with Crippen LogP contribution in [0.3, 0.4) is 0 Å². The van der Waals surface area contributed by atoms with Crippen molar-refractivity contribution >= 4 is 29.1 Å². The lowest BCUT2D eigenvalue weighted by molar-refractivity contribution is 0.128. The highest BCUT2D eigenvalue weighted by atomic mass is 35.5. The lowest BCUT2D eigenvalue weighted by Gasteiger charge is -2.40. The van der Waals surface area contributed by atoms with Crippen LogP contribution in [-0.2, 0) is 6.42 Å². The van der Waals surface area contributed by atoms with Crippen molar-refractivity contribution in [3.63, 3.8) is 0 Å². The Morgan fingerprint density at radius 2 is 1.81 bits per heavy atom. The summed E-state index contributed by atoms with van der Waals surface area (Å²) in [7, 11) is 1.64. The molecular weight excluding hydrogens is 358 g/mol. The van der Waals surface area contributed by atoms with Crippen LogP contribution >= 0.6 is 11.6 Å². The second-order valence-corrected chi connectivity index (χ2v) is 7.22. The van der Waals surface area contributed by atoms with E-state index in [4.69, 9.17) is 21.1 Å². The fourth-order valence-electron chi connectivity index (χ4n) is 3.99. The quantitative estimate of drug-likeness (QED) is 0.561. The number of benzene rings is 3. The zero-order valence-corrected chi connectivity index (χ0v) is 15.6. The number of para-hydroxylation sites is 2. The van der Waals surface area contributed by atoms with Crippen LogP contribution < -0.4 is 14.4 Å². The Labute approximate surface area is 163 Å². The molecule has 2 aliphatic heterocycles. The summed E-state index contributed by atoms with van der Waals surface area (Å²) in [6.07, 6.45) is 4.95. The van der Waals surface area contributed by atoms with Gasteiger partial charge in [-0.3, -0.25) is 4.90 Å². The van der Waals surface area contributed by atoms with Gasteiger partial charge in [0.15, 0.2) is 11.5 Å². The number of methoxy groups -OCH3 is 1. The first kappa shape index (κ1) is 16.3. The molecule has 0 saturated carbocycles. The minimum atomic E-state index is -0.640. The van der Waals surface area contributed by atoms with Crippen molar-refractivity contribution in [3.8, 4) is 11.5 Å². The lowest BCUT2D eigenvalue weighted by Crippen LogP contribution is -2.48. The zero-order valence-electron chi connectivity index (χ0n) is 14.9. The molecular formula is C23H18ClNO2. The standard InChI is InChI=1S/C23H18ClNO2/c1-26-21-14-18(24)13-16-11-12-23(27-22(16)21)15-17-7-5-6-10-20(17)25(23)19-8-3-2-4-9-19/h2-14H,15H2,1H3. The second kappa shape index (κ2) is 6.07. The molecule has 0 aliphatic carbocycles.